The van der Waals surface area contributed by atoms with E-state index in [4.69, 9.17) is 4.74 Å². The van der Waals surface area contributed by atoms with Gasteiger partial charge in [-0.15, -0.1) is 0 Å². The van der Waals surface area contributed by atoms with E-state index in [-0.39, 0.29) is 23.2 Å². The monoisotopic (exact) mass is 257 g/mol. The first-order chi connectivity index (χ1) is 8.20. The first-order valence-electron chi connectivity index (χ1n) is 7.25. The van der Waals surface area contributed by atoms with E-state index in [1.807, 2.05) is 0 Å². The summed E-state index contributed by atoms with van der Waals surface area (Å²) in [7, 11) is 0. The number of aliphatic hydroxyl groups excluding tert-OH is 1. The Morgan fingerprint density at radius 3 is 2.11 bits per heavy atom. The number of rotatable bonds is 6. The predicted octanol–water partition coefficient (Wildman–Crippen LogP) is 2.72. The molecule has 1 aliphatic rings. The summed E-state index contributed by atoms with van der Waals surface area (Å²) >= 11 is 0. The molecule has 1 unspecified atom stereocenters. The van der Waals surface area contributed by atoms with Gasteiger partial charge in [0.25, 0.3) is 0 Å². The maximum atomic E-state index is 9.61. The summed E-state index contributed by atoms with van der Waals surface area (Å²) in [6.07, 6.45) is 3.03. The molecule has 0 spiro atoms. The molecule has 3 heteroatoms. The van der Waals surface area contributed by atoms with Crippen LogP contribution >= 0.6 is 0 Å². The van der Waals surface area contributed by atoms with Crippen molar-refractivity contribution in [2.24, 2.45) is 5.41 Å². The molecule has 1 saturated heterocycles. The molecule has 18 heavy (non-hydrogen) atoms. The van der Waals surface area contributed by atoms with Gasteiger partial charge in [0.05, 0.1) is 11.2 Å². The van der Waals surface area contributed by atoms with Crippen LogP contribution in [0.1, 0.15) is 60.8 Å². The van der Waals surface area contributed by atoms with Gasteiger partial charge in [-0.25, -0.2) is 0 Å². The van der Waals surface area contributed by atoms with Crippen molar-refractivity contribution < 1.29 is 9.84 Å². The smallest absolute Gasteiger partial charge is 0.0787 e. The van der Waals surface area contributed by atoms with Crippen LogP contribution in [0.3, 0.4) is 0 Å². The fraction of sp³-hybridized carbons (Fsp3) is 1.00. The third-order valence-corrected chi connectivity index (χ3v) is 4.63. The first kappa shape index (κ1) is 15.9. The Morgan fingerprint density at radius 1 is 1.22 bits per heavy atom. The quantitative estimate of drug-likeness (QED) is 0.769. The lowest BCUT2D eigenvalue weighted by atomic mass is 9.82. The van der Waals surface area contributed by atoms with E-state index in [0.717, 1.165) is 25.8 Å². The van der Waals surface area contributed by atoms with E-state index in [1.54, 1.807) is 0 Å². The van der Waals surface area contributed by atoms with Gasteiger partial charge >= 0.3 is 0 Å². The van der Waals surface area contributed by atoms with Gasteiger partial charge in [0.2, 0.25) is 0 Å². The summed E-state index contributed by atoms with van der Waals surface area (Å²) < 4.78 is 6.09. The predicted molar refractivity (Wildman–Crippen MR) is 75.8 cm³/mol. The van der Waals surface area contributed by atoms with Crippen LogP contribution in [0.25, 0.3) is 0 Å². The lowest BCUT2D eigenvalue weighted by Gasteiger charge is -2.34. The second kappa shape index (κ2) is 5.48. The average molecular weight is 257 g/mol. The average Bonchev–Trinajstić information content (AvgIpc) is 2.49. The molecule has 0 amide bonds. The Balaban J connectivity index is 2.63. The molecule has 0 saturated carbocycles. The molecule has 1 atom stereocenters. The van der Waals surface area contributed by atoms with E-state index in [1.165, 1.54) is 0 Å². The molecule has 0 aliphatic carbocycles. The molecule has 1 fully saturated rings. The Labute approximate surface area is 112 Å². The normalized spacial score (nSPS) is 26.5. The molecule has 1 rings (SSSR count). The molecule has 0 aromatic carbocycles. The Kier molecular flexibility index (Phi) is 4.85. The molecule has 1 heterocycles. The van der Waals surface area contributed by atoms with Gasteiger partial charge in [-0.2, -0.15) is 0 Å². The number of hydrogen-bond donors (Lipinski definition) is 2. The maximum absolute atomic E-state index is 9.61. The van der Waals surface area contributed by atoms with Crippen molar-refractivity contribution in [1.82, 2.24) is 5.32 Å². The van der Waals surface area contributed by atoms with Crippen molar-refractivity contribution in [1.29, 1.82) is 0 Å². The van der Waals surface area contributed by atoms with Gasteiger partial charge in [-0.3, -0.25) is 0 Å². The van der Waals surface area contributed by atoms with Crippen LogP contribution in [0.5, 0.6) is 0 Å². The summed E-state index contributed by atoms with van der Waals surface area (Å²) in [4.78, 5) is 0. The SMILES string of the molecule is CCC(CC)(CO)CNC1CC(C)(C)OC1(C)C. The van der Waals surface area contributed by atoms with Gasteiger partial charge in [0.15, 0.2) is 0 Å². The second-order valence-electron chi connectivity index (χ2n) is 6.97. The summed E-state index contributed by atoms with van der Waals surface area (Å²) in [5, 5.41) is 13.2. The zero-order valence-corrected chi connectivity index (χ0v) is 13.0. The van der Waals surface area contributed by atoms with Crippen molar-refractivity contribution >= 4 is 0 Å². The van der Waals surface area contributed by atoms with Crippen LogP contribution in [0.2, 0.25) is 0 Å². The number of aliphatic hydroxyl groups is 1. The Hall–Kier alpha value is -0.120. The van der Waals surface area contributed by atoms with Gasteiger partial charge in [0.1, 0.15) is 0 Å². The molecule has 0 aromatic rings. The molecule has 0 aromatic heterocycles. The fourth-order valence-electron chi connectivity index (χ4n) is 3.00. The summed E-state index contributed by atoms with van der Waals surface area (Å²) in [5.74, 6) is 0. The summed E-state index contributed by atoms with van der Waals surface area (Å²) in [6.45, 7) is 14.0. The molecule has 1 aliphatic heterocycles. The molecule has 0 radical (unpaired) electrons. The Bertz CT molecular complexity index is 261. The first-order valence-corrected chi connectivity index (χ1v) is 7.25. The Morgan fingerprint density at radius 2 is 1.78 bits per heavy atom. The standard InChI is InChI=1S/C15H31NO2/c1-7-15(8-2,11-17)10-16-12-9-13(3,4)18-14(12,5)6/h12,16-17H,7-11H2,1-6H3. The molecule has 108 valence electrons. The third-order valence-electron chi connectivity index (χ3n) is 4.63. The van der Waals surface area contributed by atoms with Gasteiger partial charge in [-0.1, -0.05) is 13.8 Å². The number of ether oxygens (including phenoxy) is 1. The van der Waals surface area contributed by atoms with E-state index >= 15 is 0 Å². The van der Waals surface area contributed by atoms with Crippen molar-refractivity contribution in [3.8, 4) is 0 Å². The highest BCUT2D eigenvalue weighted by Gasteiger charge is 2.46. The van der Waals surface area contributed by atoms with Crippen molar-refractivity contribution in [2.45, 2.75) is 78.0 Å². The van der Waals surface area contributed by atoms with Crippen molar-refractivity contribution in [3.05, 3.63) is 0 Å². The maximum Gasteiger partial charge on any atom is 0.0787 e. The molecule has 3 nitrogen and oxygen atoms in total. The highest BCUT2D eigenvalue weighted by atomic mass is 16.5. The van der Waals surface area contributed by atoms with E-state index in [2.05, 4.69) is 46.9 Å². The number of nitrogens with one attached hydrogen (secondary N) is 1. The van der Waals surface area contributed by atoms with Crippen molar-refractivity contribution in [2.75, 3.05) is 13.2 Å². The minimum Gasteiger partial charge on any atom is -0.396 e. The van der Waals surface area contributed by atoms with Gasteiger partial charge in [0, 0.05) is 24.6 Å². The molecule has 2 N–H and O–H groups in total. The van der Waals surface area contributed by atoms with E-state index in [9.17, 15) is 5.11 Å². The highest BCUT2D eigenvalue weighted by molar-refractivity contribution is 4.99. The minimum atomic E-state index is -0.133. The number of hydrogen-bond acceptors (Lipinski definition) is 3. The molecular weight excluding hydrogens is 226 g/mol. The third kappa shape index (κ3) is 3.46. The van der Waals surface area contributed by atoms with Crippen LogP contribution in [-0.4, -0.2) is 35.5 Å². The largest absolute Gasteiger partial charge is 0.396 e. The van der Waals surface area contributed by atoms with Crippen LogP contribution in [0, 0.1) is 5.41 Å². The van der Waals surface area contributed by atoms with E-state index < -0.39 is 0 Å². The molecular formula is C15H31NO2. The van der Waals surface area contributed by atoms with Crippen LogP contribution in [-0.2, 0) is 4.74 Å². The zero-order chi connectivity index (χ0) is 14.0. The summed E-state index contributed by atoms with van der Waals surface area (Å²) in [6, 6.07) is 0.358. The lowest BCUT2D eigenvalue weighted by Crippen LogP contribution is -2.48. The minimum absolute atomic E-state index is 0.0167. The van der Waals surface area contributed by atoms with Crippen molar-refractivity contribution in [3.63, 3.8) is 0 Å². The van der Waals surface area contributed by atoms with Gasteiger partial charge in [-0.05, 0) is 47.0 Å². The summed E-state index contributed by atoms with van der Waals surface area (Å²) in [5.41, 5.74) is -0.170. The topological polar surface area (TPSA) is 41.5 Å². The molecule has 0 bridgehead atoms. The zero-order valence-electron chi connectivity index (χ0n) is 13.0. The van der Waals surface area contributed by atoms with E-state index in [0.29, 0.717) is 6.04 Å². The van der Waals surface area contributed by atoms with Gasteiger partial charge < -0.3 is 15.2 Å². The van der Waals surface area contributed by atoms with Crippen LogP contribution in [0.4, 0.5) is 0 Å². The fourth-order valence-corrected chi connectivity index (χ4v) is 3.00. The van der Waals surface area contributed by atoms with Crippen LogP contribution in [0.15, 0.2) is 0 Å². The second-order valence-corrected chi connectivity index (χ2v) is 6.97. The van der Waals surface area contributed by atoms with Crippen LogP contribution < -0.4 is 5.32 Å². The lowest BCUT2D eigenvalue weighted by molar-refractivity contribution is -0.0706. The highest BCUT2D eigenvalue weighted by Crippen LogP contribution is 2.37.